The second kappa shape index (κ2) is 7.52. The fourth-order valence-electron chi connectivity index (χ4n) is 3.46. The minimum atomic E-state index is -0.439. The number of amides is 1. The van der Waals surface area contributed by atoms with E-state index in [0.29, 0.717) is 60.0 Å². The van der Waals surface area contributed by atoms with E-state index in [4.69, 9.17) is 13.9 Å². The number of benzene rings is 2. The van der Waals surface area contributed by atoms with E-state index in [9.17, 15) is 9.90 Å². The smallest absolute Gasteiger partial charge is 0.254 e. The monoisotopic (exact) mass is 382 g/mol. The molecule has 1 aromatic heterocycles. The van der Waals surface area contributed by atoms with Crippen LogP contribution in [0.1, 0.15) is 28.2 Å². The molecule has 2 aromatic carbocycles. The Balaban J connectivity index is 1.56. The van der Waals surface area contributed by atoms with E-state index in [1.807, 2.05) is 18.2 Å². The number of aromatic nitrogens is 1. The summed E-state index contributed by atoms with van der Waals surface area (Å²) in [5, 5.41) is 9.64. The van der Waals surface area contributed by atoms with Crippen LogP contribution in [-0.4, -0.2) is 54.3 Å². The van der Waals surface area contributed by atoms with Gasteiger partial charge in [0.25, 0.3) is 5.91 Å². The summed E-state index contributed by atoms with van der Waals surface area (Å²) in [5.74, 6) is 1.77. The molecule has 1 saturated heterocycles. The SMILES string of the molecule is COc1ccc(Cc2nc3ccc(C(=O)N4CC[C@H](O)C4)cc3o2)cc1OC. The highest BCUT2D eigenvalue weighted by Crippen LogP contribution is 2.29. The highest BCUT2D eigenvalue weighted by molar-refractivity contribution is 5.97. The summed E-state index contributed by atoms with van der Waals surface area (Å²) in [4.78, 5) is 18.8. The minimum Gasteiger partial charge on any atom is -0.493 e. The number of hydrogen-bond acceptors (Lipinski definition) is 6. The summed E-state index contributed by atoms with van der Waals surface area (Å²) in [6.45, 7) is 0.941. The predicted molar refractivity (Wildman–Crippen MR) is 103 cm³/mol. The lowest BCUT2D eigenvalue weighted by Gasteiger charge is -2.15. The molecule has 1 aliphatic rings. The Kier molecular flexibility index (Phi) is 4.92. The first-order chi connectivity index (χ1) is 13.6. The summed E-state index contributed by atoms with van der Waals surface area (Å²) >= 11 is 0. The number of likely N-dealkylation sites (tertiary alicyclic amines) is 1. The van der Waals surface area contributed by atoms with Crippen molar-refractivity contribution < 1.29 is 23.8 Å². The Labute approximate surface area is 162 Å². The number of carbonyl (C=O) groups is 1. The Morgan fingerprint density at radius 2 is 2.04 bits per heavy atom. The van der Waals surface area contributed by atoms with Gasteiger partial charge in [-0.25, -0.2) is 4.98 Å². The normalized spacial score (nSPS) is 16.5. The zero-order valence-corrected chi connectivity index (χ0v) is 15.8. The summed E-state index contributed by atoms with van der Waals surface area (Å²) in [6, 6.07) is 10.9. The van der Waals surface area contributed by atoms with Gasteiger partial charge in [0.2, 0.25) is 0 Å². The molecular weight excluding hydrogens is 360 g/mol. The number of oxazole rings is 1. The molecular formula is C21H22N2O5. The number of aliphatic hydroxyl groups excluding tert-OH is 1. The van der Waals surface area contributed by atoms with Gasteiger partial charge >= 0.3 is 0 Å². The highest BCUT2D eigenvalue weighted by Gasteiger charge is 2.25. The van der Waals surface area contributed by atoms with Gasteiger partial charge in [0.1, 0.15) is 5.52 Å². The molecule has 1 N–H and O–H groups in total. The van der Waals surface area contributed by atoms with E-state index in [0.717, 1.165) is 5.56 Å². The molecule has 7 heteroatoms. The molecule has 0 unspecified atom stereocenters. The van der Waals surface area contributed by atoms with Crippen molar-refractivity contribution in [3.05, 3.63) is 53.4 Å². The first-order valence-electron chi connectivity index (χ1n) is 9.15. The summed E-state index contributed by atoms with van der Waals surface area (Å²) in [5.41, 5.74) is 2.79. The molecule has 1 amide bonds. The molecule has 0 bridgehead atoms. The fourth-order valence-corrected chi connectivity index (χ4v) is 3.46. The second-order valence-electron chi connectivity index (χ2n) is 6.85. The maximum atomic E-state index is 12.6. The van der Waals surface area contributed by atoms with E-state index in [1.54, 1.807) is 37.3 Å². The van der Waals surface area contributed by atoms with E-state index in [-0.39, 0.29) is 5.91 Å². The van der Waals surface area contributed by atoms with E-state index < -0.39 is 6.10 Å². The lowest BCUT2D eigenvalue weighted by atomic mass is 10.1. The second-order valence-corrected chi connectivity index (χ2v) is 6.85. The third-order valence-electron chi connectivity index (χ3n) is 4.93. The number of β-amino-alcohol motifs (C(OH)–C–C–N with tert-alkyl or cyclic N) is 1. The van der Waals surface area contributed by atoms with Crippen LogP contribution in [0.4, 0.5) is 0 Å². The van der Waals surface area contributed by atoms with Gasteiger partial charge in [0, 0.05) is 25.1 Å². The van der Waals surface area contributed by atoms with E-state index >= 15 is 0 Å². The number of aliphatic hydroxyl groups is 1. The fraction of sp³-hybridized carbons (Fsp3) is 0.333. The van der Waals surface area contributed by atoms with Crippen molar-refractivity contribution in [3.63, 3.8) is 0 Å². The van der Waals surface area contributed by atoms with Crippen LogP contribution in [0.25, 0.3) is 11.1 Å². The van der Waals surface area contributed by atoms with Crippen molar-refractivity contribution >= 4 is 17.0 Å². The van der Waals surface area contributed by atoms with Gasteiger partial charge in [-0.2, -0.15) is 0 Å². The van der Waals surface area contributed by atoms with Crippen molar-refractivity contribution in [2.45, 2.75) is 18.9 Å². The molecule has 0 radical (unpaired) electrons. The first kappa shape index (κ1) is 18.3. The van der Waals surface area contributed by atoms with Gasteiger partial charge in [-0.1, -0.05) is 6.07 Å². The molecule has 0 spiro atoms. The summed E-state index contributed by atoms with van der Waals surface area (Å²) in [6.07, 6.45) is 0.675. The van der Waals surface area contributed by atoms with Crippen LogP contribution in [0.5, 0.6) is 11.5 Å². The van der Waals surface area contributed by atoms with E-state index in [2.05, 4.69) is 4.98 Å². The number of rotatable bonds is 5. The molecule has 0 saturated carbocycles. The molecule has 4 rings (SSSR count). The lowest BCUT2D eigenvalue weighted by molar-refractivity contribution is 0.0765. The molecule has 3 aromatic rings. The van der Waals surface area contributed by atoms with Gasteiger partial charge < -0.3 is 23.9 Å². The van der Waals surface area contributed by atoms with Crippen molar-refractivity contribution in [3.8, 4) is 11.5 Å². The van der Waals surface area contributed by atoms with Crippen molar-refractivity contribution in [1.29, 1.82) is 0 Å². The number of hydrogen-bond donors (Lipinski definition) is 1. The van der Waals surface area contributed by atoms with Crippen LogP contribution in [0.2, 0.25) is 0 Å². The first-order valence-corrected chi connectivity index (χ1v) is 9.15. The molecule has 0 aliphatic carbocycles. The Morgan fingerprint density at radius 1 is 1.21 bits per heavy atom. The minimum absolute atomic E-state index is 0.101. The van der Waals surface area contributed by atoms with Gasteiger partial charge in [-0.3, -0.25) is 4.79 Å². The molecule has 1 atom stereocenters. The van der Waals surface area contributed by atoms with Crippen LogP contribution < -0.4 is 9.47 Å². The number of carbonyl (C=O) groups excluding carboxylic acids is 1. The maximum Gasteiger partial charge on any atom is 0.254 e. The number of nitrogens with zero attached hydrogens (tertiary/aromatic N) is 2. The Morgan fingerprint density at radius 3 is 2.75 bits per heavy atom. The van der Waals surface area contributed by atoms with E-state index in [1.165, 1.54) is 0 Å². The number of ether oxygens (including phenoxy) is 2. The summed E-state index contributed by atoms with van der Waals surface area (Å²) in [7, 11) is 3.19. The van der Waals surface area contributed by atoms with Crippen LogP contribution >= 0.6 is 0 Å². The molecule has 2 heterocycles. The van der Waals surface area contributed by atoms with Crippen LogP contribution in [0, 0.1) is 0 Å². The average Bonchev–Trinajstić information content (AvgIpc) is 3.32. The van der Waals surface area contributed by atoms with Gasteiger partial charge in [-0.15, -0.1) is 0 Å². The number of methoxy groups -OCH3 is 2. The molecule has 1 fully saturated rings. The standard InChI is InChI=1S/C21H22N2O5/c1-26-17-6-3-13(9-19(17)27-2)10-20-22-16-5-4-14(11-18(16)28-20)21(25)23-8-7-15(24)12-23/h3-6,9,11,15,24H,7-8,10,12H2,1-2H3/t15-/m0/s1. The molecule has 28 heavy (non-hydrogen) atoms. The quantitative estimate of drug-likeness (QED) is 0.730. The number of fused-ring (bicyclic) bond motifs is 1. The van der Waals surface area contributed by atoms with Gasteiger partial charge in [-0.05, 0) is 42.3 Å². The molecule has 146 valence electrons. The highest BCUT2D eigenvalue weighted by atomic mass is 16.5. The molecule has 7 nitrogen and oxygen atoms in total. The predicted octanol–water partition coefficient (Wildman–Crippen LogP) is 2.64. The average molecular weight is 382 g/mol. The Hall–Kier alpha value is -3.06. The van der Waals surface area contributed by atoms with Gasteiger partial charge in [0.15, 0.2) is 23.0 Å². The van der Waals surface area contributed by atoms with Crippen LogP contribution in [0.3, 0.4) is 0 Å². The molecule has 1 aliphatic heterocycles. The lowest BCUT2D eigenvalue weighted by Crippen LogP contribution is -2.29. The van der Waals surface area contributed by atoms with Crippen molar-refractivity contribution in [1.82, 2.24) is 9.88 Å². The largest absolute Gasteiger partial charge is 0.493 e. The zero-order chi connectivity index (χ0) is 19.7. The van der Waals surface area contributed by atoms with Crippen LogP contribution in [-0.2, 0) is 6.42 Å². The summed E-state index contributed by atoms with van der Waals surface area (Å²) < 4.78 is 16.5. The van der Waals surface area contributed by atoms with Crippen molar-refractivity contribution in [2.75, 3.05) is 27.3 Å². The Bertz CT molecular complexity index is 1010. The topological polar surface area (TPSA) is 85.0 Å². The zero-order valence-electron chi connectivity index (χ0n) is 15.8. The third kappa shape index (κ3) is 3.53. The van der Waals surface area contributed by atoms with Crippen LogP contribution in [0.15, 0.2) is 40.8 Å². The van der Waals surface area contributed by atoms with Gasteiger partial charge in [0.05, 0.1) is 20.3 Å². The third-order valence-corrected chi connectivity index (χ3v) is 4.93. The van der Waals surface area contributed by atoms with Crippen molar-refractivity contribution in [2.24, 2.45) is 0 Å². The maximum absolute atomic E-state index is 12.6.